The number of benzene rings is 2. The Morgan fingerprint density at radius 3 is 2.62 bits per heavy atom. The maximum Gasteiger partial charge on any atom is 0.282 e. The van der Waals surface area contributed by atoms with Crippen LogP contribution in [-0.2, 0) is 23.2 Å². The summed E-state index contributed by atoms with van der Waals surface area (Å²) >= 11 is 6.04. The van der Waals surface area contributed by atoms with Crippen molar-refractivity contribution >= 4 is 21.8 Å². The van der Waals surface area contributed by atoms with Gasteiger partial charge in [-0.15, -0.1) is 0 Å². The third-order valence-corrected chi connectivity index (χ3v) is 7.11. The van der Waals surface area contributed by atoms with Gasteiger partial charge in [-0.2, -0.15) is 17.0 Å². The van der Waals surface area contributed by atoms with Crippen LogP contribution in [0.2, 0.25) is 5.02 Å². The average molecular weight is 397 g/mol. The summed E-state index contributed by atoms with van der Waals surface area (Å²) in [5.74, 6) is -0.498. The largest absolute Gasteiger partial charge is 0.282 e. The van der Waals surface area contributed by atoms with Crippen LogP contribution in [0.25, 0.3) is 0 Å². The van der Waals surface area contributed by atoms with E-state index in [4.69, 9.17) is 11.6 Å². The van der Waals surface area contributed by atoms with E-state index in [0.29, 0.717) is 13.0 Å². The van der Waals surface area contributed by atoms with Gasteiger partial charge >= 0.3 is 0 Å². The number of hydrogen-bond acceptors (Lipinski definition) is 2. The molecule has 0 aromatic heterocycles. The highest BCUT2D eigenvalue weighted by Crippen LogP contribution is 2.28. The summed E-state index contributed by atoms with van der Waals surface area (Å²) in [5.41, 5.74) is 1.30. The first-order valence-corrected chi connectivity index (χ1v) is 10.4. The van der Waals surface area contributed by atoms with Gasteiger partial charge in [-0.25, -0.2) is 4.39 Å². The Labute approximate surface area is 159 Å². The second-order valence-electron chi connectivity index (χ2n) is 6.56. The Kier molecular flexibility index (Phi) is 5.97. The molecule has 1 heterocycles. The number of rotatable bonds is 6. The maximum absolute atomic E-state index is 14.0. The van der Waals surface area contributed by atoms with Crippen LogP contribution >= 0.6 is 11.6 Å². The molecule has 1 unspecified atom stereocenters. The lowest BCUT2D eigenvalue weighted by Gasteiger charge is -2.29. The zero-order valence-corrected chi connectivity index (χ0v) is 16.2. The van der Waals surface area contributed by atoms with Gasteiger partial charge in [-0.1, -0.05) is 48.0 Å². The van der Waals surface area contributed by atoms with E-state index in [1.54, 1.807) is 6.07 Å². The Hall–Kier alpha value is -1.47. The highest BCUT2D eigenvalue weighted by atomic mass is 35.5. The van der Waals surface area contributed by atoms with E-state index in [2.05, 4.69) is 0 Å². The van der Waals surface area contributed by atoms with Gasteiger partial charge in [0.15, 0.2) is 0 Å². The molecule has 0 aliphatic carbocycles. The lowest BCUT2D eigenvalue weighted by Crippen LogP contribution is -2.44. The molecule has 3 rings (SSSR count). The Morgan fingerprint density at radius 2 is 1.92 bits per heavy atom. The molecule has 26 heavy (non-hydrogen) atoms. The Morgan fingerprint density at radius 1 is 1.19 bits per heavy atom. The van der Waals surface area contributed by atoms with Crippen molar-refractivity contribution in [3.63, 3.8) is 0 Å². The van der Waals surface area contributed by atoms with E-state index in [9.17, 15) is 12.8 Å². The first-order valence-electron chi connectivity index (χ1n) is 8.59. The molecule has 1 atom stereocenters. The standard InChI is InChI=1S/C19H22ClFN2O2S/c1-22(14-17-18(20)10-5-11-19(17)21)26(24,25)23-12-6-9-16(23)13-15-7-3-2-4-8-15/h2-5,7-8,10-11,16H,6,9,12-14H2,1H3. The molecule has 0 amide bonds. The first kappa shape index (κ1) is 19.3. The Bertz CT molecular complexity index is 841. The van der Waals surface area contributed by atoms with Gasteiger partial charge in [0.25, 0.3) is 10.2 Å². The van der Waals surface area contributed by atoms with E-state index in [0.717, 1.165) is 18.4 Å². The molecule has 7 heteroatoms. The van der Waals surface area contributed by atoms with Crippen molar-refractivity contribution in [2.45, 2.75) is 31.8 Å². The lowest BCUT2D eigenvalue weighted by atomic mass is 10.1. The van der Waals surface area contributed by atoms with Crippen LogP contribution in [0.1, 0.15) is 24.0 Å². The van der Waals surface area contributed by atoms with Crippen molar-refractivity contribution in [2.24, 2.45) is 0 Å². The Balaban J connectivity index is 1.77. The third-order valence-electron chi connectivity index (χ3n) is 4.77. The molecule has 2 aromatic rings. The van der Waals surface area contributed by atoms with E-state index in [1.807, 2.05) is 30.3 Å². The molecule has 0 saturated carbocycles. The fourth-order valence-electron chi connectivity index (χ4n) is 3.37. The third kappa shape index (κ3) is 4.09. The van der Waals surface area contributed by atoms with Crippen LogP contribution in [0, 0.1) is 5.82 Å². The van der Waals surface area contributed by atoms with E-state index in [-0.39, 0.29) is 23.2 Å². The molecule has 2 aromatic carbocycles. The molecule has 0 bridgehead atoms. The predicted octanol–water partition coefficient (Wildman–Crippen LogP) is 3.86. The van der Waals surface area contributed by atoms with E-state index < -0.39 is 16.0 Å². The van der Waals surface area contributed by atoms with Crippen LogP contribution in [0.4, 0.5) is 4.39 Å². The molecule has 1 saturated heterocycles. The van der Waals surface area contributed by atoms with Crippen LogP contribution in [0.3, 0.4) is 0 Å². The molecule has 1 aliphatic heterocycles. The predicted molar refractivity (Wildman–Crippen MR) is 102 cm³/mol. The van der Waals surface area contributed by atoms with Gasteiger partial charge in [0.05, 0.1) is 0 Å². The van der Waals surface area contributed by atoms with E-state index >= 15 is 0 Å². The maximum atomic E-state index is 14.0. The number of hydrogen-bond donors (Lipinski definition) is 0. The van der Waals surface area contributed by atoms with Crippen LogP contribution in [0.15, 0.2) is 48.5 Å². The summed E-state index contributed by atoms with van der Waals surface area (Å²) in [4.78, 5) is 0. The minimum absolute atomic E-state index is 0.0825. The normalized spacial score (nSPS) is 18.5. The van der Waals surface area contributed by atoms with Crippen LogP contribution < -0.4 is 0 Å². The van der Waals surface area contributed by atoms with Crippen molar-refractivity contribution in [1.29, 1.82) is 0 Å². The van der Waals surface area contributed by atoms with E-state index in [1.165, 1.54) is 27.8 Å². The zero-order valence-electron chi connectivity index (χ0n) is 14.6. The minimum Gasteiger partial charge on any atom is -0.207 e. The molecular formula is C19H22ClFN2O2S. The van der Waals surface area contributed by atoms with Gasteiger partial charge in [0.2, 0.25) is 0 Å². The smallest absolute Gasteiger partial charge is 0.207 e. The second kappa shape index (κ2) is 8.05. The van der Waals surface area contributed by atoms with Crippen molar-refractivity contribution < 1.29 is 12.8 Å². The van der Waals surface area contributed by atoms with Gasteiger partial charge < -0.3 is 0 Å². The summed E-state index contributed by atoms with van der Waals surface area (Å²) in [6, 6.07) is 14.1. The van der Waals surface area contributed by atoms with Gasteiger partial charge in [-0.3, -0.25) is 0 Å². The van der Waals surface area contributed by atoms with Gasteiger partial charge in [0, 0.05) is 36.8 Å². The molecular weight excluding hydrogens is 375 g/mol. The fourth-order valence-corrected chi connectivity index (χ4v) is 5.16. The lowest BCUT2D eigenvalue weighted by molar-refractivity contribution is 0.338. The zero-order chi connectivity index (χ0) is 18.7. The molecule has 1 fully saturated rings. The number of halogens is 2. The monoisotopic (exact) mass is 396 g/mol. The summed E-state index contributed by atoms with van der Waals surface area (Å²) in [6.45, 7) is 0.386. The molecule has 4 nitrogen and oxygen atoms in total. The minimum atomic E-state index is -3.70. The molecule has 0 spiro atoms. The highest BCUT2D eigenvalue weighted by molar-refractivity contribution is 7.86. The highest BCUT2D eigenvalue weighted by Gasteiger charge is 2.37. The second-order valence-corrected chi connectivity index (χ2v) is 8.96. The summed E-state index contributed by atoms with van der Waals surface area (Å²) in [7, 11) is -2.23. The SMILES string of the molecule is CN(Cc1c(F)cccc1Cl)S(=O)(=O)N1CCCC1Cc1ccccc1. The molecule has 140 valence electrons. The fraction of sp³-hybridized carbons (Fsp3) is 0.368. The van der Waals surface area contributed by atoms with Crippen molar-refractivity contribution in [3.8, 4) is 0 Å². The first-order chi connectivity index (χ1) is 12.4. The van der Waals surface area contributed by atoms with Crippen molar-refractivity contribution in [3.05, 3.63) is 70.5 Å². The number of nitrogens with zero attached hydrogens (tertiary/aromatic N) is 2. The molecule has 0 N–H and O–H groups in total. The van der Waals surface area contributed by atoms with Crippen LogP contribution in [0.5, 0.6) is 0 Å². The molecule has 1 aliphatic rings. The van der Waals surface area contributed by atoms with Gasteiger partial charge in [-0.05, 0) is 37.0 Å². The summed E-state index contributed by atoms with van der Waals surface area (Å²) < 4.78 is 42.8. The van der Waals surface area contributed by atoms with Crippen LogP contribution in [-0.4, -0.2) is 36.7 Å². The average Bonchev–Trinajstić information content (AvgIpc) is 3.08. The van der Waals surface area contributed by atoms with Crippen molar-refractivity contribution in [1.82, 2.24) is 8.61 Å². The summed E-state index contributed by atoms with van der Waals surface area (Å²) in [6.07, 6.45) is 2.32. The summed E-state index contributed by atoms with van der Waals surface area (Å²) in [5, 5.41) is 0.231. The topological polar surface area (TPSA) is 40.6 Å². The quantitative estimate of drug-likeness (QED) is 0.743. The van der Waals surface area contributed by atoms with Crippen molar-refractivity contribution in [2.75, 3.05) is 13.6 Å². The molecule has 0 radical (unpaired) electrons. The van der Waals surface area contributed by atoms with Gasteiger partial charge in [0.1, 0.15) is 5.82 Å².